The van der Waals surface area contributed by atoms with Crippen LogP contribution >= 0.6 is 0 Å². The van der Waals surface area contributed by atoms with Gasteiger partial charge in [-0.2, -0.15) is 0 Å². The zero-order chi connectivity index (χ0) is 11.4. The van der Waals surface area contributed by atoms with Crippen molar-refractivity contribution in [1.29, 1.82) is 0 Å². The van der Waals surface area contributed by atoms with Crippen LogP contribution in [-0.2, 0) is 9.53 Å². The predicted octanol–water partition coefficient (Wildman–Crippen LogP) is 0.707. The molecule has 0 unspecified atom stereocenters. The van der Waals surface area contributed by atoms with Crippen molar-refractivity contribution in [3.8, 4) is 0 Å². The fourth-order valence-electron chi connectivity index (χ4n) is 1.30. The first-order chi connectivity index (χ1) is 6.34. The molecule has 0 saturated heterocycles. The maximum absolute atomic E-state index is 11.4. The Bertz CT molecular complexity index is 189. The van der Waals surface area contributed by atoms with E-state index in [4.69, 9.17) is 4.74 Å². The Hall–Kier alpha value is -0.610. The summed E-state index contributed by atoms with van der Waals surface area (Å²) >= 11 is 0. The highest BCUT2D eigenvalue weighted by Gasteiger charge is 2.42. The highest BCUT2D eigenvalue weighted by molar-refractivity contribution is 5.80. The van der Waals surface area contributed by atoms with E-state index in [-0.39, 0.29) is 18.9 Å². The van der Waals surface area contributed by atoms with Crippen LogP contribution in [0.15, 0.2) is 0 Å². The lowest BCUT2D eigenvalue weighted by atomic mass is 9.88. The van der Waals surface area contributed by atoms with Crippen molar-refractivity contribution in [3.63, 3.8) is 0 Å². The molecule has 0 heterocycles. The minimum atomic E-state index is -1.77. The Kier molecular flexibility index (Phi) is 5.08. The average molecular weight is 204 g/mol. The van der Waals surface area contributed by atoms with Crippen LogP contribution in [0, 0.1) is 5.92 Å². The van der Waals surface area contributed by atoms with Gasteiger partial charge < -0.3 is 14.9 Å². The van der Waals surface area contributed by atoms with Gasteiger partial charge in [0.1, 0.15) is 0 Å². The maximum atomic E-state index is 11.4. The van der Waals surface area contributed by atoms with Crippen molar-refractivity contribution < 1.29 is 19.7 Å². The van der Waals surface area contributed by atoms with Crippen molar-refractivity contribution in [2.45, 2.75) is 45.8 Å². The Morgan fingerprint density at radius 1 is 1.43 bits per heavy atom. The standard InChI is InChI=1S/C10H20O4/c1-5-14-9(12)10(13,8(4)11)6-7(2)3/h7-8,11,13H,5-6H2,1-4H3/t8-,10+/m1/s1. The lowest BCUT2D eigenvalue weighted by Gasteiger charge is -2.29. The van der Waals surface area contributed by atoms with E-state index in [9.17, 15) is 15.0 Å². The zero-order valence-electron chi connectivity index (χ0n) is 9.28. The second-order valence-corrected chi connectivity index (χ2v) is 3.92. The molecule has 2 N–H and O–H groups in total. The van der Waals surface area contributed by atoms with E-state index in [1.54, 1.807) is 6.92 Å². The molecule has 0 fully saturated rings. The molecule has 4 heteroatoms. The number of hydrogen-bond acceptors (Lipinski definition) is 4. The third-order valence-electron chi connectivity index (χ3n) is 2.04. The normalized spacial score (nSPS) is 17.6. The monoisotopic (exact) mass is 204 g/mol. The summed E-state index contributed by atoms with van der Waals surface area (Å²) in [7, 11) is 0. The average Bonchev–Trinajstić information content (AvgIpc) is 2.02. The third-order valence-corrected chi connectivity index (χ3v) is 2.04. The maximum Gasteiger partial charge on any atom is 0.340 e. The SMILES string of the molecule is CCOC(=O)[C@](O)(CC(C)C)[C@@H](C)O. The van der Waals surface area contributed by atoms with Gasteiger partial charge in [0.25, 0.3) is 0 Å². The van der Waals surface area contributed by atoms with Gasteiger partial charge in [-0.15, -0.1) is 0 Å². The Morgan fingerprint density at radius 3 is 2.21 bits per heavy atom. The molecular formula is C10H20O4. The summed E-state index contributed by atoms with van der Waals surface area (Å²) in [6, 6.07) is 0. The Labute approximate surface area is 84.9 Å². The molecule has 0 aliphatic heterocycles. The summed E-state index contributed by atoms with van der Waals surface area (Å²) in [5.41, 5.74) is -1.77. The molecule has 0 aromatic rings. The number of carbonyl (C=O) groups excluding carboxylic acids is 1. The van der Waals surface area contributed by atoms with Crippen molar-refractivity contribution in [2.75, 3.05) is 6.61 Å². The van der Waals surface area contributed by atoms with Crippen LogP contribution < -0.4 is 0 Å². The molecule has 4 nitrogen and oxygen atoms in total. The number of hydrogen-bond donors (Lipinski definition) is 2. The van der Waals surface area contributed by atoms with Gasteiger partial charge in [-0.3, -0.25) is 0 Å². The molecule has 2 atom stereocenters. The van der Waals surface area contributed by atoms with E-state index in [0.29, 0.717) is 0 Å². The van der Waals surface area contributed by atoms with E-state index < -0.39 is 17.7 Å². The number of esters is 1. The van der Waals surface area contributed by atoms with Gasteiger partial charge in [0, 0.05) is 0 Å². The Morgan fingerprint density at radius 2 is 1.93 bits per heavy atom. The molecular weight excluding hydrogens is 184 g/mol. The van der Waals surface area contributed by atoms with Crippen LogP contribution in [0.3, 0.4) is 0 Å². The quantitative estimate of drug-likeness (QED) is 0.647. The molecule has 0 amide bonds. The lowest BCUT2D eigenvalue weighted by molar-refractivity contribution is -0.179. The molecule has 0 aliphatic carbocycles. The smallest absolute Gasteiger partial charge is 0.340 e. The number of aliphatic hydroxyl groups excluding tert-OH is 1. The first-order valence-electron chi connectivity index (χ1n) is 4.92. The molecule has 0 aromatic carbocycles. The number of carbonyl (C=O) groups is 1. The summed E-state index contributed by atoms with van der Waals surface area (Å²) < 4.78 is 4.72. The summed E-state index contributed by atoms with van der Waals surface area (Å²) in [6.45, 7) is 6.99. The van der Waals surface area contributed by atoms with Gasteiger partial charge in [-0.1, -0.05) is 13.8 Å². The number of ether oxygens (including phenoxy) is 1. The van der Waals surface area contributed by atoms with Crippen LogP contribution in [0.25, 0.3) is 0 Å². The van der Waals surface area contributed by atoms with Gasteiger partial charge in [0.2, 0.25) is 0 Å². The van der Waals surface area contributed by atoms with E-state index in [0.717, 1.165) is 0 Å². The van der Waals surface area contributed by atoms with Crippen LogP contribution in [0.1, 0.15) is 34.1 Å². The van der Waals surface area contributed by atoms with Crippen molar-refractivity contribution in [3.05, 3.63) is 0 Å². The highest BCUT2D eigenvalue weighted by Crippen LogP contribution is 2.22. The summed E-state index contributed by atoms with van der Waals surface area (Å²) in [6.07, 6.45) is -0.923. The van der Waals surface area contributed by atoms with Crippen molar-refractivity contribution in [2.24, 2.45) is 5.92 Å². The van der Waals surface area contributed by atoms with E-state index in [2.05, 4.69) is 0 Å². The van der Waals surface area contributed by atoms with E-state index in [1.807, 2.05) is 13.8 Å². The molecule has 0 rings (SSSR count). The number of rotatable bonds is 5. The van der Waals surface area contributed by atoms with Crippen molar-refractivity contribution >= 4 is 5.97 Å². The number of aliphatic hydroxyl groups is 2. The predicted molar refractivity (Wildman–Crippen MR) is 52.7 cm³/mol. The summed E-state index contributed by atoms with van der Waals surface area (Å²) in [5, 5.41) is 19.3. The van der Waals surface area contributed by atoms with E-state index >= 15 is 0 Å². The van der Waals surface area contributed by atoms with Crippen LogP contribution in [0.2, 0.25) is 0 Å². The lowest BCUT2D eigenvalue weighted by Crippen LogP contribution is -2.50. The topological polar surface area (TPSA) is 66.8 Å². The van der Waals surface area contributed by atoms with Crippen molar-refractivity contribution in [1.82, 2.24) is 0 Å². The fourth-order valence-corrected chi connectivity index (χ4v) is 1.30. The van der Waals surface area contributed by atoms with Crippen LogP contribution in [0.5, 0.6) is 0 Å². The zero-order valence-corrected chi connectivity index (χ0v) is 9.28. The summed E-state index contributed by atoms with van der Waals surface area (Å²) in [4.78, 5) is 11.4. The minimum absolute atomic E-state index is 0.110. The first-order valence-corrected chi connectivity index (χ1v) is 4.92. The second kappa shape index (κ2) is 5.32. The van der Waals surface area contributed by atoms with E-state index in [1.165, 1.54) is 6.92 Å². The Balaban J connectivity index is 4.62. The van der Waals surface area contributed by atoms with Gasteiger partial charge in [0.15, 0.2) is 5.60 Å². The molecule has 0 bridgehead atoms. The summed E-state index contributed by atoms with van der Waals surface area (Å²) in [5.74, 6) is -0.636. The fraction of sp³-hybridized carbons (Fsp3) is 0.900. The van der Waals surface area contributed by atoms with Crippen LogP contribution in [-0.4, -0.2) is 34.5 Å². The van der Waals surface area contributed by atoms with Gasteiger partial charge in [0.05, 0.1) is 12.7 Å². The van der Waals surface area contributed by atoms with Gasteiger partial charge in [-0.05, 0) is 26.2 Å². The molecule has 14 heavy (non-hydrogen) atoms. The first kappa shape index (κ1) is 13.4. The van der Waals surface area contributed by atoms with Gasteiger partial charge in [-0.25, -0.2) is 4.79 Å². The molecule has 0 saturated carbocycles. The molecule has 84 valence electrons. The molecule has 0 spiro atoms. The molecule has 0 aliphatic rings. The third kappa shape index (κ3) is 3.27. The van der Waals surface area contributed by atoms with Crippen LogP contribution in [0.4, 0.5) is 0 Å². The highest BCUT2D eigenvalue weighted by atomic mass is 16.6. The second-order valence-electron chi connectivity index (χ2n) is 3.92. The minimum Gasteiger partial charge on any atom is -0.464 e. The molecule has 0 radical (unpaired) electrons. The molecule has 0 aromatic heterocycles. The largest absolute Gasteiger partial charge is 0.464 e. The van der Waals surface area contributed by atoms with Gasteiger partial charge >= 0.3 is 5.97 Å².